The molecule has 4 aromatic rings. The van der Waals surface area contributed by atoms with Gasteiger partial charge in [0.25, 0.3) is 0 Å². The highest BCUT2D eigenvalue weighted by atomic mass is 32.2. The van der Waals surface area contributed by atoms with E-state index in [4.69, 9.17) is 9.47 Å². The molecule has 8 heteroatoms. The molecule has 7 nitrogen and oxygen atoms in total. The number of fused-ring (bicyclic) bond motifs is 1. The lowest BCUT2D eigenvalue weighted by Crippen LogP contribution is -2.50. The van der Waals surface area contributed by atoms with Gasteiger partial charge in [0.2, 0.25) is 16.8 Å². The highest BCUT2D eigenvalue weighted by Crippen LogP contribution is 2.35. The molecule has 0 radical (unpaired) electrons. The smallest absolute Gasteiger partial charge is 0.243 e. The van der Waals surface area contributed by atoms with E-state index >= 15 is 0 Å². The van der Waals surface area contributed by atoms with Crippen LogP contribution in [0.5, 0.6) is 11.5 Å². The van der Waals surface area contributed by atoms with E-state index in [1.54, 1.807) is 12.1 Å². The van der Waals surface area contributed by atoms with Crippen molar-refractivity contribution in [1.82, 2.24) is 9.21 Å². The Bertz CT molecular complexity index is 1510. The summed E-state index contributed by atoms with van der Waals surface area (Å²) in [6, 6.07) is 34.7. The van der Waals surface area contributed by atoms with Crippen LogP contribution < -0.4 is 9.47 Å². The third kappa shape index (κ3) is 8.03. The zero-order valence-corrected chi connectivity index (χ0v) is 25.6. The predicted octanol–water partition coefficient (Wildman–Crippen LogP) is 5.74. The van der Waals surface area contributed by atoms with Gasteiger partial charge in [0.15, 0.2) is 11.5 Å². The number of aliphatic hydroxyl groups excluding tert-OH is 1. The summed E-state index contributed by atoms with van der Waals surface area (Å²) in [7, 11) is -3.94. The number of nitrogens with zero attached hydrogens (tertiary/aromatic N) is 2. The van der Waals surface area contributed by atoms with Gasteiger partial charge in [0.1, 0.15) is 0 Å². The maximum Gasteiger partial charge on any atom is 0.243 e. The van der Waals surface area contributed by atoms with Gasteiger partial charge < -0.3 is 14.6 Å². The highest BCUT2D eigenvalue weighted by Gasteiger charge is 2.34. The number of aliphatic hydroxyl groups is 1. The standard InChI is InChI=1S/C35H40N2O5S/c1-27(2)22-37(43(39,40)31-18-19-34-35(21-31)42-26-41-34)25-33(38)32(20-28-12-6-3-7-13-28)36(23-29-14-8-4-9-15-29)24-30-16-10-5-11-17-30/h3-19,21,27,32-33,38H,20,22-26H2,1-2H3/t32-,33?/m0/s1. The van der Waals surface area contributed by atoms with E-state index in [1.165, 1.54) is 10.4 Å². The predicted molar refractivity (Wildman–Crippen MR) is 168 cm³/mol. The number of sulfonamides is 1. The number of hydrogen-bond donors (Lipinski definition) is 1. The Morgan fingerprint density at radius 2 is 1.26 bits per heavy atom. The lowest BCUT2D eigenvalue weighted by Gasteiger charge is -2.37. The van der Waals surface area contributed by atoms with Crippen LogP contribution in [0.25, 0.3) is 0 Å². The lowest BCUT2D eigenvalue weighted by molar-refractivity contribution is 0.0273. The van der Waals surface area contributed by atoms with Crippen LogP contribution in [0.4, 0.5) is 0 Å². The Kier molecular flexibility index (Phi) is 10.1. The Hall–Kier alpha value is -3.69. The van der Waals surface area contributed by atoms with Gasteiger partial charge in [-0.05, 0) is 41.2 Å². The van der Waals surface area contributed by atoms with Gasteiger partial charge >= 0.3 is 0 Å². The SMILES string of the molecule is CC(C)CN(CC(O)[C@H](Cc1ccccc1)N(Cc1ccccc1)Cc1ccccc1)S(=O)(=O)c1ccc2c(c1)OCO2. The highest BCUT2D eigenvalue weighted by molar-refractivity contribution is 7.89. The number of rotatable bonds is 14. The number of ether oxygens (including phenoxy) is 2. The Labute approximate surface area is 255 Å². The van der Waals surface area contributed by atoms with Crippen molar-refractivity contribution in [2.45, 2.75) is 50.4 Å². The molecule has 0 saturated heterocycles. The summed E-state index contributed by atoms with van der Waals surface area (Å²) in [6.07, 6.45) is -0.420. The molecule has 0 fully saturated rings. The molecule has 226 valence electrons. The van der Waals surface area contributed by atoms with Crippen molar-refractivity contribution in [3.05, 3.63) is 126 Å². The van der Waals surface area contributed by atoms with E-state index in [-0.39, 0.29) is 36.7 Å². The first-order valence-corrected chi connectivity index (χ1v) is 16.2. The minimum Gasteiger partial charge on any atom is -0.454 e. The quantitative estimate of drug-likeness (QED) is 0.199. The normalized spacial score (nSPS) is 14.4. The van der Waals surface area contributed by atoms with Crippen LogP contribution in [0.1, 0.15) is 30.5 Å². The molecule has 1 heterocycles. The van der Waals surface area contributed by atoms with Gasteiger partial charge in [-0.15, -0.1) is 0 Å². The molecule has 0 bridgehead atoms. The maximum absolute atomic E-state index is 14.0. The van der Waals surface area contributed by atoms with Crippen LogP contribution in [0.2, 0.25) is 0 Å². The minimum atomic E-state index is -3.94. The molecular weight excluding hydrogens is 560 g/mol. The fourth-order valence-electron chi connectivity index (χ4n) is 5.49. The summed E-state index contributed by atoms with van der Waals surface area (Å²) in [4.78, 5) is 2.39. The van der Waals surface area contributed by atoms with E-state index in [0.717, 1.165) is 16.7 Å². The molecule has 0 spiro atoms. The van der Waals surface area contributed by atoms with Crippen LogP contribution >= 0.6 is 0 Å². The molecule has 0 aromatic heterocycles. The third-order valence-electron chi connectivity index (χ3n) is 7.60. The monoisotopic (exact) mass is 600 g/mol. The molecule has 43 heavy (non-hydrogen) atoms. The van der Waals surface area contributed by atoms with Crippen molar-refractivity contribution < 1.29 is 23.0 Å². The minimum absolute atomic E-state index is 0.0491. The van der Waals surface area contributed by atoms with Gasteiger partial charge in [-0.1, -0.05) is 105 Å². The molecular formula is C35H40N2O5S. The Morgan fingerprint density at radius 3 is 1.81 bits per heavy atom. The zero-order valence-electron chi connectivity index (χ0n) is 24.7. The first-order valence-electron chi connectivity index (χ1n) is 14.7. The topological polar surface area (TPSA) is 79.3 Å². The van der Waals surface area contributed by atoms with Crippen LogP contribution in [0.15, 0.2) is 114 Å². The van der Waals surface area contributed by atoms with Crippen LogP contribution in [0.3, 0.4) is 0 Å². The van der Waals surface area contributed by atoms with Gasteiger partial charge in [-0.25, -0.2) is 8.42 Å². The second-order valence-corrected chi connectivity index (χ2v) is 13.4. The number of benzene rings is 4. The second kappa shape index (κ2) is 14.2. The van der Waals surface area contributed by atoms with E-state index in [0.29, 0.717) is 31.0 Å². The fourth-order valence-corrected chi connectivity index (χ4v) is 7.12. The second-order valence-electron chi connectivity index (χ2n) is 11.4. The van der Waals surface area contributed by atoms with Gasteiger partial charge in [0, 0.05) is 38.3 Å². The molecule has 0 amide bonds. The van der Waals surface area contributed by atoms with Crippen molar-refractivity contribution in [3.8, 4) is 11.5 Å². The summed E-state index contributed by atoms with van der Waals surface area (Å²) in [5.41, 5.74) is 3.32. The van der Waals surface area contributed by atoms with Crippen LogP contribution in [-0.4, -0.2) is 54.8 Å². The van der Waals surface area contributed by atoms with Gasteiger partial charge in [0.05, 0.1) is 11.0 Å². The lowest BCUT2D eigenvalue weighted by atomic mass is 9.97. The van der Waals surface area contributed by atoms with E-state index in [2.05, 4.69) is 41.3 Å². The summed E-state index contributed by atoms with van der Waals surface area (Å²) in [5.74, 6) is 0.980. The first-order chi connectivity index (χ1) is 20.8. The van der Waals surface area contributed by atoms with Crippen molar-refractivity contribution in [2.24, 2.45) is 5.92 Å². The van der Waals surface area contributed by atoms with E-state index in [1.807, 2.05) is 68.4 Å². The molecule has 1 aliphatic rings. The molecule has 0 saturated carbocycles. The van der Waals surface area contributed by atoms with Gasteiger partial charge in [-0.3, -0.25) is 4.90 Å². The van der Waals surface area contributed by atoms with Gasteiger partial charge in [-0.2, -0.15) is 4.31 Å². The summed E-state index contributed by atoms with van der Waals surface area (Å²) in [6.45, 7) is 5.44. The Morgan fingerprint density at radius 1 is 0.721 bits per heavy atom. The molecule has 1 unspecified atom stereocenters. The van der Waals surface area contributed by atoms with Crippen molar-refractivity contribution in [2.75, 3.05) is 19.9 Å². The molecule has 1 aliphatic heterocycles. The molecule has 4 aromatic carbocycles. The van der Waals surface area contributed by atoms with Crippen LogP contribution in [-0.2, 0) is 29.5 Å². The average molecular weight is 601 g/mol. The Balaban J connectivity index is 1.49. The first kappa shape index (κ1) is 30.8. The molecule has 5 rings (SSSR count). The zero-order chi connectivity index (χ0) is 30.2. The fraction of sp³-hybridized carbons (Fsp3) is 0.314. The van der Waals surface area contributed by atoms with E-state index < -0.39 is 16.1 Å². The molecule has 0 aliphatic carbocycles. The average Bonchev–Trinajstić information content (AvgIpc) is 3.49. The third-order valence-corrected chi connectivity index (χ3v) is 9.43. The maximum atomic E-state index is 14.0. The van der Waals surface area contributed by atoms with Crippen molar-refractivity contribution in [1.29, 1.82) is 0 Å². The summed E-state index contributed by atoms with van der Waals surface area (Å²) >= 11 is 0. The molecule has 1 N–H and O–H groups in total. The largest absolute Gasteiger partial charge is 0.454 e. The van der Waals surface area contributed by atoms with E-state index in [9.17, 15) is 13.5 Å². The summed E-state index contributed by atoms with van der Waals surface area (Å²) < 4.78 is 40.4. The summed E-state index contributed by atoms with van der Waals surface area (Å²) in [5, 5.41) is 12.1. The molecule has 2 atom stereocenters. The van der Waals surface area contributed by atoms with Crippen LogP contribution in [0, 0.1) is 5.92 Å². The van der Waals surface area contributed by atoms with Crippen molar-refractivity contribution in [3.63, 3.8) is 0 Å². The number of hydrogen-bond acceptors (Lipinski definition) is 6. The van der Waals surface area contributed by atoms with Crippen molar-refractivity contribution >= 4 is 10.0 Å².